The maximum Gasteiger partial charge on any atom is 0.134 e. The van der Waals surface area contributed by atoms with E-state index in [9.17, 15) is 0 Å². The number of hydrogen-bond donors (Lipinski definition) is 2. The number of hydrogen-bond acceptors (Lipinski definition) is 3. The molecule has 3 heteroatoms. The number of furan rings is 1. The summed E-state index contributed by atoms with van der Waals surface area (Å²) in [5.41, 5.74) is 5.07. The molecule has 0 spiro atoms. The van der Waals surface area contributed by atoms with E-state index in [2.05, 4.69) is 44.4 Å². The van der Waals surface area contributed by atoms with Crippen molar-refractivity contribution in [2.75, 3.05) is 0 Å². The Bertz CT molecular complexity index is 533. The lowest BCUT2D eigenvalue weighted by atomic mass is 9.96. The molecule has 0 saturated heterocycles. The molecule has 0 radical (unpaired) electrons. The molecule has 0 saturated carbocycles. The number of rotatable bonds is 6. The zero-order valence-corrected chi connectivity index (χ0v) is 12.1. The van der Waals surface area contributed by atoms with Crippen molar-refractivity contribution in [2.24, 2.45) is 11.8 Å². The molecule has 104 valence electrons. The normalized spacial score (nSPS) is 14.7. The van der Waals surface area contributed by atoms with Crippen LogP contribution < -0.4 is 11.3 Å². The van der Waals surface area contributed by atoms with Crippen LogP contribution in [0, 0.1) is 12.8 Å². The summed E-state index contributed by atoms with van der Waals surface area (Å²) >= 11 is 0. The lowest BCUT2D eigenvalue weighted by Gasteiger charge is -2.17. The number of hydrazine groups is 1. The third kappa shape index (κ3) is 3.37. The van der Waals surface area contributed by atoms with Gasteiger partial charge >= 0.3 is 0 Å². The van der Waals surface area contributed by atoms with Gasteiger partial charge in [-0.1, -0.05) is 38.3 Å². The molecule has 1 heterocycles. The first kappa shape index (κ1) is 14.1. The van der Waals surface area contributed by atoms with Gasteiger partial charge in [0.1, 0.15) is 11.3 Å². The van der Waals surface area contributed by atoms with E-state index in [0.717, 1.165) is 23.2 Å². The van der Waals surface area contributed by atoms with E-state index < -0.39 is 0 Å². The molecule has 0 aliphatic heterocycles. The van der Waals surface area contributed by atoms with Crippen LogP contribution in [0.1, 0.15) is 50.5 Å². The van der Waals surface area contributed by atoms with Crippen molar-refractivity contribution in [1.82, 2.24) is 5.43 Å². The highest BCUT2D eigenvalue weighted by atomic mass is 16.3. The predicted octanol–water partition coefficient (Wildman–Crippen LogP) is 4.07. The smallest absolute Gasteiger partial charge is 0.134 e. The molecule has 2 aromatic rings. The summed E-state index contributed by atoms with van der Waals surface area (Å²) in [7, 11) is 0. The molecule has 0 aliphatic carbocycles. The Morgan fingerprint density at radius 1 is 1.32 bits per heavy atom. The van der Waals surface area contributed by atoms with Crippen molar-refractivity contribution in [3.63, 3.8) is 0 Å². The van der Waals surface area contributed by atoms with Gasteiger partial charge in [-0.2, -0.15) is 0 Å². The van der Waals surface area contributed by atoms with Crippen molar-refractivity contribution in [3.05, 3.63) is 35.6 Å². The average Bonchev–Trinajstić information content (AvgIpc) is 2.78. The van der Waals surface area contributed by atoms with Crippen LogP contribution >= 0.6 is 0 Å². The molecular weight excluding hydrogens is 236 g/mol. The highest BCUT2D eigenvalue weighted by molar-refractivity contribution is 5.78. The average molecular weight is 260 g/mol. The SMILES string of the molecule is CCCC(C)CC(NN)c1cc2cc(C)ccc2o1. The van der Waals surface area contributed by atoms with E-state index in [1.165, 1.54) is 18.4 Å². The van der Waals surface area contributed by atoms with Crippen molar-refractivity contribution in [2.45, 2.75) is 46.1 Å². The van der Waals surface area contributed by atoms with Gasteiger partial charge in [-0.3, -0.25) is 5.84 Å². The van der Waals surface area contributed by atoms with Gasteiger partial charge in [0.05, 0.1) is 6.04 Å². The Labute approximate surface area is 115 Å². The Morgan fingerprint density at radius 2 is 2.11 bits per heavy atom. The summed E-state index contributed by atoms with van der Waals surface area (Å²) in [5, 5.41) is 1.15. The molecule has 0 fully saturated rings. The van der Waals surface area contributed by atoms with Gasteiger partial charge in [-0.25, -0.2) is 5.43 Å². The second-order valence-electron chi connectivity index (χ2n) is 5.54. The Kier molecular flexibility index (Phi) is 4.61. The van der Waals surface area contributed by atoms with Crippen molar-refractivity contribution >= 4 is 11.0 Å². The van der Waals surface area contributed by atoms with Crippen molar-refractivity contribution in [1.29, 1.82) is 0 Å². The van der Waals surface area contributed by atoms with E-state index in [1.807, 2.05) is 6.07 Å². The molecule has 2 unspecified atom stereocenters. The van der Waals surface area contributed by atoms with Crippen LogP contribution in [0.3, 0.4) is 0 Å². The molecule has 1 aromatic heterocycles. The Balaban J connectivity index is 2.20. The van der Waals surface area contributed by atoms with Crippen LogP contribution in [0.15, 0.2) is 28.7 Å². The van der Waals surface area contributed by atoms with Crippen LogP contribution in [-0.2, 0) is 0 Å². The molecule has 0 amide bonds. The number of nitrogens with two attached hydrogens (primary N) is 1. The fourth-order valence-corrected chi connectivity index (χ4v) is 2.63. The van der Waals surface area contributed by atoms with Crippen molar-refractivity contribution in [3.8, 4) is 0 Å². The molecule has 1 aromatic carbocycles. The Morgan fingerprint density at radius 3 is 2.79 bits per heavy atom. The minimum Gasteiger partial charge on any atom is -0.459 e. The second-order valence-corrected chi connectivity index (χ2v) is 5.54. The number of aryl methyl sites for hydroxylation is 1. The molecule has 0 aliphatic rings. The lowest BCUT2D eigenvalue weighted by Crippen LogP contribution is -2.29. The van der Waals surface area contributed by atoms with Crippen LogP contribution in [0.4, 0.5) is 0 Å². The van der Waals surface area contributed by atoms with Gasteiger partial charge in [0.25, 0.3) is 0 Å². The summed E-state index contributed by atoms with van der Waals surface area (Å²) in [5.74, 6) is 7.27. The van der Waals surface area contributed by atoms with Gasteiger partial charge < -0.3 is 4.42 Å². The largest absolute Gasteiger partial charge is 0.459 e. The topological polar surface area (TPSA) is 51.2 Å². The van der Waals surface area contributed by atoms with E-state index in [1.54, 1.807) is 0 Å². The van der Waals surface area contributed by atoms with Crippen molar-refractivity contribution < 1.29 is 4.42 Å². The minimum absolute atomic E-state index is 0.0919. The number of nitrogens with one attached hydrogen (secondary N) is 1. The molecule has 2 atom stereocenters. The maximum atomic E-state index is 5.91. The fourth-order valence-electron chi connectivity index (χ4n) is 2.63. The molecule has 19 heavy (non-hydrogen) atoms. The first-order chi connectivity index (χ1) is 9.13. The summed E-state index contributed by atoms with van der Waals surface area (Å²) in [6.45, 7) is 6.57. The summed E-state index contributed by atoms with van der Waals surface area (Å²) in [6.07, 6.45) is 3.43. The Hall–Kier alpha value is -1.32. The standard InChI is InChI=1S/C16H24N2O/c1-4-5-11(2)9-14(18-17)16-10-13-8-12(3)6-7-15(13)19-16/h6-8,10-11,14,18H,4-5,9,17H2,1-3H3. The third-order valence-corrected chi connectivity index (χ3v) is 3.66. The predicted molar refractivity (Wildman–Crippen MR) is 79.7 cm³/mol. The summed E-state index contributed by atoms with van der Waals surface area (Å²) in [6, 6.07) is 8.43. The van der Waals surface area contributed by atoms with E-state index >= 15 is 0 Å². The monoisotopic (exact) mass is 260 g/mol. The van der Waals surface area contributed by atoms with Crippen LogP contribution in [0.5, 0.6) is 0 Å². The molecular formula is C16H24N2O. The van der Waals surface area contributed by atoms with Gasteiger partial charge in [-0.15, -0.1) is 0 Å². The highest BCUT2D eigenvalue weighted by Crippen LogP contribution is 2.29. The summed E-state index contributed by atoms with van der Waals surface area (Å²) in [4.78, 5) is 0. The number of fused-ring (bicyclic) bond motifs is 1. The van der Waals surface area contributed by atoms with Crippen LogP contribution in [0.2, 0.25) is 0 Å². The summed E-state index contributed by atoms with van der Waals surface area (Å²) < 4.78 is 5.91. The van der Waals surface area contributed by atoms with Crippen LogP contribution in [0.25, 0.3) is 11.0 Å². The lowest BCUT2D eigenvalue weighted by molar-refractivity contribution is 0.351. The molecule has 0 bridgehead atoms. The third-order valence-electron chi connectivity index (χ3n) is 3.66. The van der Waals surface area contributed by atoms with E-state index in [-0.39, 0.29) is 6.04 Å². The quantitative estimate of drug-likeness (QED) is 0.608. The van der Waals surface area contributed by atoms with Crippen LogP contribution in [-0.4, -0.2) is 0 Å². The first-order valence-electron chi connectivity index (χ1n) is 7.10. The second kappa shape index (κ2) is 6.22. The number of benzene rings is 1. The van der Waals surface area contributed by atoms with Gasteiger partial charge in [0.15, 0.2) is 0 Å². The van der Waals surface area contributed by atoms with E-state index in [0.29, 0.717) is 5.92 Å². The van der Waals surface area contributed by atoms with Gasteiger partial charge in [-0.05, 0) is 37.5 Å². The highest BCUT2D eigenvalue weighted by Gasteiger charge is 2.17. The van der Waals surface area contributed by atoms with Gasteiger partial charge in [0.2, 0.25) is 0 Å². The zero-order chi connectivity index (χ0) is 13.8. The molecule has 3 N–H and O–H groups in total. The molecule has 3 nitrogen and oxygen atoms in total. The zero-order valence-electron chi connectivity index (χ0n) is 12.1. The van der Waals surface area contributed by atoms with Gasteiger partial charge in [0, 0.05) is 5.39 Å². The molecule has 2 rings (SSSR count). The van der Waals surface area contributed by atoms with E-state index in [4.69, 9.17) is 10.3 Å². The fraction of sp³-hybridized carbons (Fsp3) is 0.500. The minimum atomic E-state index is 0.0919. The maximum absolute atomic E-state index is 5.91. The first-order valence-corrected chi connectivity index (χ1v) is 7.10.